The Bertz CT molecular complexity index is 351. The maximum absolute atomic E-state index is 5.93. The van der Waals surface area contributed by atoms with Gasteiger partial charge in [-0.15, -0.1) is 0 Å². The summed E-state index contributed by atoms with van der Waals surface area (Å²) in [5.74, 6) is 1.46. The maximum atomic E-state index is 5.93. The average Bonchev–Trinajstić information content (AvgIpc) is 2.84. The van der Waals surface area contributed by atoms with Gasteiger partial charge in [-0.3, -0.25) is 0 Å². The van der Waals surface area contributed by atoms with Gasteiger partial charge in [0.1, 0.15) is 5.82 Å². The van der Waals surface area contributed by atoms with Gasteiger partial charge >= 0.3 is 0 Å². The van der Waals surface area contributed by atoms with Gasteiger partial charge in [0.05, 0.1) is 18.3 Å². The highest BCUT2D eigenvalue weighted by atomic mass is 16.5. The van der Waals surface area contributed by atoms with Crippen LogP contribution < -0.4 is 5.73 Å². The fraction of sp³-hybridized carbons (Fsp3) is 0.727. The summed E-state index contributed by atoms with van der Waals surface area (Å²) in [5, 5.41) is 4.55. The number of nitrogen functional groups attached to an aromatic ring is 1. The van der Waals surface area contributed by atoms with Crippen LogP contribution >= 0.6 is 0 Å². The molecule has 1 saturated carbocycles. The zero-order valence-corrected chi connectivity index (χ0v) is 8.85. The molecule has 0 radical (unpaired) electrons. The zero-order chi connectivity index (χ0) is 10.3. The van der Waals surface area contributed by atoms with E-state index in [9.17, 15) is 0 Å². The van der Waals surface area contributed by atoms with Gasteiger partial charge in [0.25, 0.3) is 0 Å². The van der Waals surface area contributed by atoms with Gasteiger partial charge in [-0.25, -0.2) is 4.68 Å². The van der Waals surface area contributed by atoms with E-state index < -0.39 is 0 Å². The van der Waals surface area contributed by atoms with Crippen LogP contribution in [0.4, 0.5) is 5.82 Å². The van der Waals surface area contributed by atoms with Crippen molar-refractivity contribution in [1.82, 2.24) is 9.78 Å². The Morgan fingerprint density at radius 1 is 1.47 bits per heavy atom. The van der Waals surface area contributed by atoms with Crippen LogP contribution in [0.5, 0.6) is 0 Å². The summed E-state index contributed by atoms with van der Waals surface area (Å²) in [4.78, 5) is 0. The van der Waals surface area contributed by atoms with E-state index in [0.29, 0.717) is 12.0 Å². The van der Waals surface area contributed by atoms with Crippen molar-refractivity contribution < 1.29 is 4.74 Å². The summed E-state index contributed by atoms with van der Waals surface area (Å²) in [6, 6.07) is 2.02. The van der Waals surface area contributed by atoms with Gasteiger partial charge in [0.15, 0.2) is 0 Å². The van der Waals surface area contributed by atoms with E-state index >= 15 is 0 Å². The summed E-state index contributed by atoms with van der Waals surface area (Å²) in [7, 11) is 0. The van der Waals surface area contributed by atoms with E-state index in [2.05, 4.69) is 5.10 Å². The molecule has 3 rings (SSSR count). The van der Waals surface area contributed by atoms with Crippen LogP contribution in [0.1, 0.15) is 37.3 Å². The highest BCUT2D eigenvalue weighted by Gasteiger charge is 2.27. The lowest BCUT2D eigenvalue weighted by Crippen LogP contribution is -2.17. The second-order valence-electron chi connectivity index (χ2n) is 4.59. The molecule has 0 aromatic carbocycles. The first-order valence-electron chi connectivity index (χ1n) is 5.78. The highest BCUT2D eigenvalue weighted by Crippen LogP contribution is 2.39. The average molecular weight is 207 g/mol. The van der Waals surface area contributed by atoms with E-state index in [1.165, 1.54) is 25.0 Å². The predicted molar refractivity (Wildman–Crippen MR) is 57.6 cm³/mol. The third-order valence-corrected chi connectivity index (χ3v) is 3.23. The molecule has 2 aliphatic rings. The number of nitrogens with zero attached hydrogens (tertiary/aromatic N) is 2. The monoisotopic (exact) mass is 207 g/mol. The topological polar surface area (TPSA) is 53.1 Å². The number of hydrogen-bond acceptors (Lipinski definition) is 3. The molecular weight excluding hydrogens is 190 g/mol. The highest BCUT2D eigenvalue weighted by molar-refractivity contribution is 5.33. The van der Waals surface area contributed by atoms with Crippen LogP contribution in [0.15, 0.2) is 6.07 Å². The third-order valence-electron chi connectivity index (χ3n) is 3.23. The second kappa shape index (κ2) is 3.52. The van der Waals surface area contributed by atoms with E-state index in [1.807, 2.05) is 10.7 Å². The number of rotatable bonds is 3. The van der Waals surface area contributed by atoms with Crippen LogP contribution in [0, 0.1) is 0 Å². The van der Waals surface area contributed by atoms with Crippen LogP contribution in [0.25, 0.3) is 0 Å². The van der Waals surface area contributed by atoms with Gasteiger partial charge in [0, 0.05) is 18.6 Å². The van der Waals surface area contributed by atoms with E-state index in [4.69, 9.17) is 10.5 Å². The SMILES string of the molecule is Nc1cc(C2CC2)nn1CC1CCCO1. The molecule has 1 saturated heterocycles. The van der Waals surface area contributed by atoms with Gasteiger partial charge in [-0.2, -0.15) is 5.10 Å². The Morgan fingerprint density at radius 2 is 2.33 bits per heavy atom. The van der Waals surface area contributed by atoms with Gasteiger partial charge in [0.2, 0.25) is 0 Å². The van der Waals surface area contributed by atoms with Crippen molar-refractivity contribution in [3.05, 3.63) is 11.8 Å². The quantitative estimate of drug-likeness (QED) is 0.817. The summed E-state index contributed by atoms with van der Waals surface area (Å²) in [6.45, 7) is 1.71. The smallest absolute Gasteiger partial charge is 0.122 e. The Balaban J connectivity index is 1.72. The van der Waals surface area contributed by atoms with E-state index in [-0.39, 0.29) is 0 Å². The number of hydrogen-bond donors (Lipinski definition) is 1. The summed E-state index contributed by atoms with van der Waals surface area (Å²) < 4.78 is 7.49. The minimum absolute atomic E-state index is 0.319. The number of anilines is 1. The molecule has 2 fully saturated rings. The molecule has 1 aliphatic heterocycles. The lowest BCUT2D eigenvalue weighted by Gasteiger charge is -2.10. The molecule has 4 nitrogen and oxygen atoms in total. The molecule has 82 valence electrons. The molecule has 1 unspecified atom stereocenters. The second-order valence-corrected chi connectivity index (χ2v) is 4.59. The molecule has 15 heavy (non-hydrogen) atoms. The van der Waals surface area contributed by atoms with Crippen molar-refractivity contribution in [3.8, 4) is 0 Å². The fourth-order valence-corrected chi connectivity index (χ4v) is 2.16. The first kappa shape index (κ1) is 9.21. The molecule has 0 bridgehead atoms. The van der Waals surface area contributed by atoms with Crippen molar-refractivity contribution in [2.75, 3.05) is 12.3 Å². The maximum Gasteiger partial charge on any atom is 0.122 e. The standard InChI is InChI=1S/C11H17N3O/c12-11-6-10(8-3-4-8)13-14(11)7-9-2-1-5-15-9/h6,8-9H,1-5,7,12H2. The normalized spacial score (nSPS) is 26.0. The van der Waals surface area contributed by atoms with Gasteiger partial charge in [-0.1, -0.05) is 0 Å². The van der Waals surface area contributed by atoms with Crippen LogP contribution in [0.3, 0.4) is 0 Å². The molecule has 0 spiro atoms. The van der Waals surface area contributed by atoms with Crippen LogP contribution in [0.2, 0.25) is 0 Å². The molecule has 1 aromatic rings. The van der Waals surface area contributed by atoms with Crippen molar-refractivity contribution in [2.45, 2.75) is 44.2 Å². The predicted octanol–water partition coefficient (Wildman–Crippen LogP) is 1.52. The third kappa shape index (κ3) is 1.86. The van der Waals surface area contributed by atoms with Gasteiger partial charge < -0.3 is 10.5 Å². The minimum atomic E-state index is 0.319. The van der Waals surface area contributed by atoms with Crippen LogP contribution in [-0.4, -0.2) is 22.5 Å². The fourth-order valence-electron chi connectivity index (χ4n) is 2.16. The first-order chi connectivity index (χ1) is 7.33. The largest absolute Gasteiger partial charge is 0.384 e. The molecule has 1 atom stereocenters. The first-order valence-corrected chi connectivity index (χ1v) is 5.78. The molecule has 0 amide bonds. The lowest BCUT2D eigenvalue weighted by molar-refractivity contribution is 0.0944. The summed E-state index contributed by atoms with van der Waals surface area (Å²) in [5.41, 5.74) is 7.10. The number of ether oxygens (including phenoxy) is 1. The Labute approximate surface area is 89.4 Å². The van der Waals surface area contributed by atoms with Crippen LogP contribution in [-0.2, 0) is 11.3 Å². The van der Waals surface area contributed by atoms with E-state index in [0.717, 1.165) is 25.4 Å². The zero-order valence-electron chi connectivity index (χ0n) is 8.85. The number of nitrogens with two attached hydrogens (primary N) is 1. The minimum Gasteiger partial charge on any atom is -0.384 e. The van der Waals surface area contributed by atoms with Crippen molar-refractivity contribution in [3.63, 3.8) is 0 Å². The van der Waals surface area contributed by atoms with Crippen molar-refractivity contribution in [2.24, 2.45) is 0 Å². The summed E-state index contributed by atoms with van der Waals surface area (Å²) >= 11 is 0. The molecular formula is C11H17N3O. The van der Waals surface area contributed by atoms with E-state index in [1.54, 1.807) is 0 Å². The van der Waals surface area contributed by atoms with Crippen molar-refractivity contribution >= 4 is 5.82 Å². The van der Waals surface area contributed by atoms with Gasteiger partial charge in [-0.05, 0) is 25.7 Å². The Hall–Kier alpha value is -1.03. The summed E-state index contributed by atoms with van der Waals surface area (Å²) in [6.07, 6.45) is 5.17. The molecule has 1 aliphatic carbocycles. The van der Waals surface area contributed by atoms with Crippen molar-refractivity contribution in [1.29, 1.82) is 0 Å². The Kier molecular flexibility index (Phi) is 2.16. The molecule has 4 heteroatoms. The lowest BCUT2D eigenvalue weighted by atomic mass is 10.2. The molecule has 2 heterocycles. The number of aromatic nitrogens is 2. The molecule has 2 N–H and O–H groups in total. The molecule has 1 aromatic heterocycles. The Morgan fingerprint density at radius 3 is 3.00 bits per heavy atom.